The van der Waals surface area contributed by atoms with Crippen LogP contribution in [0.1, 0.15) is 109 Å². The van der Waals surface area contributed by atoms with Gasteiger partial charge in [0.05, 0.1) is 0 Å². The maximum absolute atomic E-state index is 3.45. The number of anilines is 2. The van der Waals surface area contributed by atoms with Gasteiger partial charge in [-0.15, -0.1) is 0 Å². The number of benzene rings is 2. The summed E-state index contributed by atoms with van der Waals surface area (Å²) in [5, 5.41) is 3.45. The minimum absolute atomic E-state index is 1.13. The van der Waals surface area contributed by atoms with Crippen LogP contribution in [0.5, 0.6) is 0 Å². The van der Waals surface area contributed by atoms with Crippen LogP contribution < -0.4 is 5.32 Å². The van der Waals surface area contributed by atoms with Gasteiger partial charge in [0, 0.05) is 17.1 Å². The maximum atomic E-state index is 3.45. The van der Waals surface area contributed by atoms with Crippen molar-refractivity contribution >= 4 is 23.1 Å². The molecular formula is C30H47NS. The summed E-state index contributed by atoms with van der Waals surface area (Å²) in [6, 6.07) is 19.3. The Morgan fingerprint density at radius 1 is 0.531 bits per heavy atom. The molecule has 0 aliphatic rings. The first kappa shape index (κ1) is 26.8. The van der Waals surface area contributed by atoms with Gasteiger partial charge in [-0.05, 0) is 42.0 Å². The van der Waals surface area contributed by atoms with Crippen LogP contribution in [0.3, 0.4) is 0 Å². The molecule has 0 aliphatic carbocycles. The smallest absolute Gasteiger partial charge is 0.0384 e. The number of unbranched alkanes of at least 4 members (excludes halogenated alkanes) is 14. The molecular weight excluding hydrogens is 406 g/mol. The highest BCUT2D eigenvalue weighted by Gasteiger charge is 1.98. The van der Waals surface area contributed by atoms with E-state index in [1.807, 2.05) is 6.07 Å². The zero-order chi connectivity index (χ0) is 22.5. The molecule has 2 heteroatoms. The number of nitrogens with one attached hydrogen (secondary N) is 1. The molecule has 0 saturated heterocycles. The fourth-order valence-electron chi connectivity index (χ4n) is 4.14. The van der Waals surface area contributed by atoms with E-state index in [1.165, 1.54) is 108 Å². The zero-order valence-electron chi connectivity index (χ0n) is 20.6. The van der Waals surface area contributed by atoms with Crippen molar-refractivity contribution in [2.75, 3.05) is 11.1 Å². The van der Waals surface area contributed by atoms with Crippen LogP contribution in [0.25, 0.3) is 0 Å². The van der Waals surface area contributed by atoms with Crippen LogP contribution >= 0.6 is 11.8 Å². The van der Waals surface area contributed by atoms with Crippen LogP contribution in [-0.4, -0.2) is 5.75 Å². The largest absolute Gasteiger partial charge is 0.356 e. The van der Waals surface area contributed by atoms with Gasteiger partial charge in [-0.25, -0.2) is 0 Å². The molecule has 2 rings (SSSR count). The lowest BCUT2D eigenvalue weighted by atomic mass is 10.0. The molecule has 178 valence electrons. The van der Waals surface area contributed by atoms with Gasteiger partial charge in [0.15, 0.2) is 0 Å². The molecule has 0 saturated carbocycles. The summed E-state index contributed by atoms with van der Waals surface area (Å²) in [4.78, 5) is 0. The van der Waals surface area contributed by atoms with E-state index in [0.717, 1.165) is 17.1 Å². The molecule has 0 amide bonds. The van der Waals surface area contributed by atoms with E-state index in [1.54, 1.807) is 0 Å². The van der Waals surface area contributed by atoms with Crippen LogP contribution in [0.15, 0.2) is 54.6 Å². The first-order valence-electron chi connectivity index (χ1n) is 13.4. The second-order valence-electron chi connectivity index (χ2n) is 9.19. The Morgan fingerprint density at radius 2 is 1.00 bits per heavy atom. The monoisotopic (exact) mass is 453 g/mol. The minimum atomic E-state index is 1.13. The van der Waals surface area contributed by atoms with Crippen molar-refractivity contribution in [2.45, 2.75) is 109 Å². The number of para-hydroxylation sites is 1. The van der Waals surface area contributed by atoms with E-state index in [2.05, 4.69) is 72.5 Å². The van der Waals surface area contributed by atoms with Crippen molar-refractivity contribution in [3.8, 4) is 0 Å². The molecule has 0 bridgehead atoms. The predicted molar refractivity (Wildman–Crippen MR) is 147 cm³/mol. The summed E-state index contributed by atoms with van der Waals surface area (Å²) in [5.74, 6) is 2.42. The van der Waals surface area contributed by atoms with Gasteiger partial charge in [0.1, 0.15) is 0 Å². The normalized spacial score (nSPS) is 11.0. The summed E-state index contributed by atoms with van der Waals surface area (Å²) < 4.78 is 0. The molecule has 32 heavy (non-hydrogen) atoms. The van der Waals surface area contributed by atoms with Gasteiger partial charge in [-0.2, -0.15) is 11.8 Å². The Bertz CT molecular complexity index is 652. The van der Waals surface area contributed by atoms with Crippen LogP contribution in [0.2, 0.25) is 0 Å². The van der Waals surface area contributed by atoms with E-state index < -0.39 is 0 Å². The molecule has 0 atom stereocenters. The molecule has 0 radical (unpaired) electrons. The highest BCUT2D eigenvalue weighted by molar-refractivity contribution is 7.98. The second kappa shape index (κ2) is 19.1. The maximum Gasteiger partial charge on any atom is 0.0384 e. The lowest BCUT2D eigenvalue weighted by Gasteiger charge is -2.07. The van der Waals surface area contributed by atoms with Gasteiger partial charge in [0.25, 0.3) is 0 Å². The second-order valence-corrected chi connectivity index (χ2v) is 10.3. The van der Waals surface area contributed by atoms with E-state index in [4.69, 9.17) is 0 Å². The third-order valence-electron chi connectivity index (χ3n) is 6.18. The minimum Gasteiger partial charge on any atom is -0.356 e. The Balaban J connectivity index is 1.34. The van der Waals surface area contributed by atoms with E-state index in [9.17, 15) is 0 Å². The Labute approximate surface area is 203 Å². The van der Waals surface area contributed by atoms with Crippen molar-refractivity contribution in [1.29, 1.82) is 0 Å². The Kier molecular flexibility index (Phi) is 16.0. The average molecular weight is 454 g/mol. The fourth-order valence-corrected chi connectivity index (χ4v) is 5.12. The van der Waals surface area contributed by atoms with Crippen molar-refractivity contribution in [3.05, 3.63) is 60.2 Å². The van der Waals surface area contributed by atoms with E-state index in [0.29, 0.717) is 0 Å². The van der Waals surface area contributed by atoms with Crippen molar-refractivity contribution in [1.82, 2.24) is 0 Å². The molecule has 2 aromatic rings. The molecule has 0 unspecified atom stereocenters. The van der Waals surface area contributed by atoms with E-state index in [-0.39, 0.29) is 0 Å². The summed E-state index contributed by atoms with van der Waals surface area (Å²) in [6.07, 6.45) is 21.6. The molecule has 1 N–H and O–H groups in total. The molecule has 0 heterocycles. The van der Waals surface area contributed by atoms with Crippen molar-refractivity contribution < 1.29 is 0 Å². The topological polar surface area (TPSA) is 12.0 Å². The number of thioether (sulfide) groups is 1. The van der Waals surface area contributed by atoms with Crippen LogP contribution in [0.4, 0.5) is 11.4 Å². The van der Waals surface area contributed by atoms with Gasteiger partial charge in [-0.3, -0.25) is 0 Å². The molecule has 0 spiro atoms. The van der Waals surface area contributed by atoms with Crippen LogP contribution in [-0.2, 0) is 5.75 Å². The highest BCUT2D eigenvalue weighted by Crippen LogP contribution is 2.20. The average Bonchev–Trinajstić information content (AvgIpc) is 2.83. The zero-order valence-corrected chi connectivity index (χ0v) is 21.4. The van der Waals surface area contributed by atoms with Gasteiger partial charge in [-0.1, -0.05) is 127 Å². The lowest BCUT2D eigenvalue weighted by molar-refractivity contribution is 0.535. The molecule has 0 aliphatic heterocycles. The predicted octanol–water partition coefficient (Wildman–Crippen LogP) is 10.5. The lowest BCUT2D eigenvalue weighted by Crippen LogP contribution is -1.90. The van der Waals surface area contributed by atoms with Crippen molar-refractivity contribution in [3.63, 3.8) is 0 Å². The van der Waals surface area contributed by atoms with Crippen LogP contribution in [0, 0.1) is 0 Å². The summed E-state index contributed by atoms with van der Waals surface area (Å²) >= 11 is 2.08. The molecule has 0 fully saturated rings. The quantitative estimate of drug-likeness (QED) is 0.200. The van der Waals surface area contributed by atoms with Gasteiger partial charge < -0.3 is 5.32 Å². The third-order valence-corrected chi connectivity index (χ3v) is 7.29. The fraction of sp³-hybridized carbons (Fsp3) is 0.600. The van der Waals surface area contributed by atoms with Crippen molar-refractivity contribution in [2.24, 2.45) is 0 Å². The number of hydrogen-bond donors (Lipinski definition) is 1. The molecule has 2 aromatic carbocycles. The highest BCUT2D eigenvalue weighted by atomic mass is 32.2. The van der Waals surface area contributed by atoms with E-state index >= 15 is 0 Å². The Morgan fingerprint density at radius 3 is 1.53 bits per heavy atom. The standard InChI is InChI=1S/C30H47NS/c1-2-3-4-5-6-7-8-9-10-11-12-13-14-15-19-26-32-27-28-22-24-30(25-23-28)31-29-20-17-16-18-21-29/h16-18,20-25,31H,2-15,19,26-27H2,1H3. The molecule has 0 aromatic heterocycles. The summed E-state index contributed by atoms with van der Waals surface area (Å²) in [7, 11) is 0. The molecule has 1 nitrogen and oxygen atoms in total. The summed E-state index contributed by atoms with van der Waals surface area (Å²) in [6.45, 7) is 2.30. The number of rotatable bonds is 20. The Hall–Kier alpha value is -1.41. The first-order chi connectivity index (χ1) is 15.9. The van der Waals surface area contributed by atoms with Gasteiger partial charge in [0.2, 0.25) is 0 Å². The SMILES string of the molecule is CCCCCCCCCCCCCCCCCSCc1ccc(Nc2ccccc2)cc1. The summed E-state index contributed by atoms with van der Waals surface area (Å²) in [5.41, 5.74) is 3.73. The third kappa shape index (κ3) is 13.9. The van der Waals surface area contributed by atoms with Gasteiger partial charge >= 0.3 is 0 Å². The first-order valence-corrected chi connectivity index (χ1v) is 14.5. The number of hydrogen-bond acceptors (Lipinski definition) is 2.